The molecule has 78 valence electrons. The van der Waals surface area contributed by atoms with Gasteiger partial charge in [-0.1, -0.05) is 6.07 Å². The van der Waals surface area contributed by atoms with Crippen molar-refractivity contribution in [2.24, 2.45) is 5.73 Å². The number of aryl methyl sites for hydroxylation is 1. The molecule has 2 rings (SSSR count). The van der Waals surface area contributed by atoms with Crippen LogP contribution in [0.3, 0.4) is 0 Å². The molecule has 15 heavy (non-hydrogen) atoms. The summed E-state index contributed by atoms with van der Waals surface area (Å²) in [5, 5.41) is 0. The van der Waals surface area contributed by atoms with Crippen molar-refractivity contribution in [3.63, 3.8) is 0 Å². The minimum atomic E-state index is 0.618. The van der Waals surface area contributed by atoms with Gasteiger partial charge in [-0.15, -0.1) is 0 Å². The monoisotopic (exact) mass is 202 g/mol. The van der Waals surface area contributed by atoms with Crippen LogP contribution >= 0.6 is 0 Å². The average molecular weight is 202 g/mol. The summed E-state index contributed by atoms with van der Waals surface area (Å²) in [7, 11) is 0. The van der Waals surface area contributed by atoms with Crippen LogP contribution in [-0.2, 0) is 6.42 Å². The number of rotatable bonds is 3. The molecule has 2 heterocycles. The number of hydrogen-bond acceptors (Lipinski definition) is 3. The Balaban J connectivity index is 2.34. The lowest BCUT2D eigenvalue weighted by Gasteiger charge is -1.93. The molecule has 0 amide bonds. The van der Waals surface area contributed by atoms with Crippen molar-refractivity contribution in [3.8, 4) is 11.5 Å². The van der Waals surface area contributed by atoms with E-state index in [9.17, 15) is 0 Å². The molecular weight excluding hydrogens is 188 g/mol. The summed E-state index contributed by atoms with van der Waals surface area (Å²) >= 11 is 0. The third-order valence-corrected chi connectivity index (χ3v) is 2.27. The zero-order valence-corrected chi connectivity index (χ0v) is 8.70. The molecule has 0 radical (unpaired) electrons. The van der Waals surface area contributed by atoms with Crippen molar-refractivity contribution in [2.75, 3.05) is 6.54 Å². The molecule has 4 heteroatoms. The predicted octanol–water partition coefficient (Wildman–Crippen LogP) is 1.28. The third kappa shape index (κ3) is 2.05. The zero-order valence-electron chi connectivity index (χ0n) is 8.70. The quantitative estimate of drug-likeness (QED) is 0.787. The average Bonchev–Trinajstić information content (AvgIpc) is 2.63. The molecule has 0 saturated heterocycles. The number of aromatic amines is 1. The highest BCUT2D eigenvalue weighted by Gasteiger charge is 2.07. The fourth-order valence-electron chi connectivity index (χ4n) is 1.50. The molecule has 2 aromatic rings. The molecule has 0 atom stereocenters. The van der Waals surface area contributed by atoms with Gasteiger partial charge in [0.05, 0.1) is 5.69 Å². The lowest BCUT2D eigenvalue weighted by atomic mass is 10.3. The van der Waals surface area contributed by atoms with Gasteiger partial charge in [-0.25, -0.2) is 4.98 Å². The Morgan fingerprint density at radius 3 is 2.93 bits per heavy atom. The van der Waals surface area contributed by atoms with E-state index < -0.39 is 0 Å². The van der Waals surface area contributed by atoms with Crippen molar-refractivity contribution in [2.45, 2.75) is 13.3 Å². The second-order valence-electron chi connectivity index (χ2n) is 3.41. The topological polar surface area (TPSA) is 67.6 Å². The molecule has 0 fully saturated rings. The summed E-state index contributed by atoms with van der Waals surface area (Å²) in [5.41, 5.74) is 8.47. The minimum absolute atomic E-state index is 0.618. The van der Waals surface area contributed by atoms with Crippen LogP contribution in [0.5, 0.6) is 0 Å². The van der Waals surface area contributed by atoms with Crippen LogP contribution in [0.15, 0.2) is 24.4 Å². The highest BCUT2D eigenvalue weighted by atomic mass is 15.0. The van der Waals surface area contributed by atoms with Crippen LogP contribution in [0.4, 0.5) is 0 Å². The summed E-state index contributed by atoms with van der Waals surface area (Å²) in [4.78, 5) is 11.9. The van der Waals surface area contributed by atoms with Crippen molar-refractivity contribution < 1.29 is 0 Å². The number of aromatic nitrogens is 3. The molecule has 0 aliphatic carbocycles. The number of nitrogens with one attached hydrogen (secondary N) is 1. The maximum atomic E-state index is 5.51. The van der Waals surface area contributed by atoms with Gasteiger partial charge in [0, 0.05) is 18.3 Å². The van der Waals surface area contributed by atoms with Gasteiger partial charge in [-0.05, 0) is 25.6 Å². The Morgan fingerprint density at radius 2 is 2.27 bits per heavy atom. The summed E-state index contributed by atoms with van der Waals surface area (Å²) < 4.78 is 0. The molecular formula is C11H14N4. The Hall–Kier alpha value is -1.68. The smallest absolute Gasteiger partial charge is 0.156 e. The highest BCUT2D eigenvalue weighted by molar-refractivity contribution is 5.49. The molecule has 4 nitrogen and oxygen atoms in total. The van der Waals surface area contributed by atoms with Gasteiger partial charge in [-0.3, -0.25) is 4.98 Å². The van der Waals surface area contributed by atoms with Crippen LogP contribution in [0.25, 0.3) is 11.5 Å². The van der Waals surface area contributed by atoms with Crippen molar-refractivity contribution in [1.29, 1.82) is 0 Å². The van der Waals surface area contributed by atoms with Crippen LogP contribution in [0, 0.1) is 6.92 Å². The molecule has 3 N–H and O–H groups in total. The number of nitrogens with two attached hydrogens (primary N) is 1. The molecule has 0 bridgehead atoms. The van der Waals surface area contributed by atoms with E-state index in [0.29, 0.717) is 6.54 Å². The molecule has 0 aromatic carbocycles. The van der Waals surface area contributed by atoms with Gasteiger partial charge in [0.15, 0.2) is 5.82 Å². The normalized spacial score (nSPS) is 10.5. The highest BCUT2D eigenvalue weighted by Crippen LogP contribution is 2.15. The van der Waals surface area contributed by atoms with E-state index in [1.807, 2.05) is 25.1 Å². The van der Waals surface area contributed by atoms with E-state index in [2.05, 4.69) is 15.0 Å². The standard InChI is InChI=1S/C11H14N4/c1-8-9(5-6-12)15-11(14-8)10-4-2-3-7-13-10/h2-4,7H,5-6,12H2,1H3,(H,14,15). The van der Waals surface area contributed by atoms with E-state index in [1.165, 1.54) is 0 Å². The summed E-state index contributed by atoms with van der Waals surface area (Å²) in [5.74, 6) is 0.816. The summed E-state index contributed by atoms with van der Waals surface area (Å²) in [6.07, 6.45) is 2.56. The number of pyridine rings is 1. The lowest BCUT2D eigenvalue weighted by Crippen LogP contribution is -2.03. The van der Waals surface area contributed by atoms with Crippen molar-refractivity contribution in [1.82, 2.24) is 15.0 Å². The van der Waals surface area contributed by atoms with E-state index in [0.717, 1.165) is 29.3 Å². The molecule has 0 aliphatic heterocycles. The lowest BCUT2D eigenvalue weighted by molar-refractivity contribution is 0.923. The second kappa shape index (κ2) is 4.23. The first-order chi connectivity index (χ1) is 7.31. The Bertz CT molecular complexity index is 433. The van der Waals surface area contributed by atoms with Crippen LogP contribution < -0.4 is 5.73 Å². The van der Waals surface area contributed by atoms with Gasteiger partial charge in [0.2, 0.25) is 0 Å². The van der Waals surface area contributed by atoms with Gasteiger partial charge < -0.3 is 10.7 Å². The van der Waals surface area contributed by atoms with Crippen LogP contribution in [-0.4, -0.2) is 21.5 Å². The van der Waals surface area contributed by atoms with E-state index >= 15 is 0 Å². The molecule has 0 unspecified atom stereocenters. The fourth-order valence-corrected chi connectivity index (χ4v) is 1.50. The predicted molar refractivity (Wildman–Crippen MR) is 59.3 cm³/mol. The van der Waals surface area contributed by atoms with E-state index in [-0.39, 0.29) is 0 Å². The third-order valence-electron chi connectivity index (χ3n) is 2.27. The molecule has 0 spiro atoms. The number of nitrogens with zero attached hydrogens (tertiary/aromatic N) is 2. The Morgan fingerprint density at radius 1 is 1.40 bits per heavy atom. The number of hydrogen-bond donors (Lipinski definition) is 2. The molecule has 2 aromatic heterocycles. The summed E-state index contributed by atoms with van der Waals surface area (Å²) in [6.45, 7) is 2.62. The SMILES string of the molecule is Cc1[nH]c(-c2ccccn2)nc1CCN. The van der Waals surface area contributed by atoms with Gasteiger partial charge in [0.1, 0.15) is 5.69 Å². The zero-order chi connectivity index (χ0) is 10.7. The maximum Gasteiger partial charge on any atom is 0.156 e. The first-order valence-electron chi connectivity index (χ1n) is 4.98. The number of imidazole rings is 1. The van der Waals surface area contributed by atoms with E-state index in [1.54, 1.807) is 6.20 Å². The van der Waals surface area contributed by atoms with E-state index in [4.69, 9.17) is 5.73 Å². The second-order valence-corrected chi connectivity index (χ2v) is 3.41. The van der Waals surface area contributed by atoms with Crippen LogP contribution in [0.1, 0.15) is 11.4 Å². The molecule has 0 aliphatic rings. The van der Waals surface area contributed by atoms with Gasteiger partial charge in [-0.2, -0.15) is 0 Å². The van der Waals surface area contributed by atoms with Crippen molar-refractivity contribution >= 4 is 0 Å². The number of H-pyrrole nitrogens is 1. The minimum Gasteiger partial charge on any atom is -0.341 e. The fraction of sp³-hybridized carbons (Fsp3) is 0.273. The van der Waals surface area contributed by atoms with Crippen LogP contribution in [0.2, 0.25) is 0 Å². The molecule has 0 saturated carbocycles. The Labute approximate surface area is 88.6 Å². The maximum absolute atomic E-state index is 5.51. The first-order valence-corrected chi connectivity index (χ1v) is 4.98. The van der Waals surface area contributed by atoms with Crippen molar-refractivity contribution in [3.05, 3.63) is 35.8 Å². The largest absolute Gasteiger partial charge is 0.341 e. The van der Waals surface area contributed by atoms with Gasteiger partial charge >= 0.3 is 0 Å². The van der Waals surface area contributed by atoms with Gasteiger partial charge in [0.25, 0.3) is 0 Å². The summed E-state index contributed by atoms with van der Waals surface area (Å²) in [6, 6.07) is 5.77. The first kappa shape index (κ1) is 9.86. The Kier molecular flexibility index (Phi) is 2.78.